The third-order valence-electron chi connectivity index (χ3n) is 4.28. The highest BCUT2D eigenvalue weighted by molar-refractivity contribution is 7.88. The van der Waals surface area contributed by atoms with E-state index in [4.69, 9.17) is 0 Å². The van der Waals surface area contributed by atoms with Crippen LogP contribution in [0.5, 0.6) is 0 Å². The van der Waals surface area contributed by atoms with Crippen molar-refractivity contribution in [1.29, 1.82) is 0 Å². The summed E-state index contributed by atoms with van der Waals surface area (Å²) in [6, 6.07) is 9.61. The van der Waals surface area contributed by atoms with Crippen LogP contribution < -0.4 is 10.0 Å². The summed E-state index contributed by atoms with van der Waals surface area (Å²) in [6.07, 6.45) is 3.64. The van der Waals surface area contributed by atoms with Gasteiger partial charge in [-0.2, -0.15) is 0 Å². The minimum absolute atomic E-state index is 0.126. The molecule has 0 unspecified atom stereocenters. The Balaban J connectivity index is 1.66. The van der Waals surface area contributed by atoms with Gasteiger partial charge in [0.25, 0.3) is 0 Å². The SMILES string of the molecule is CS(=O)(=O)NCc1ncn2c1CN(C(=O)NCc1ccccc1)CCC2. The van der Waals surface area contributed by atoms with Crippen molar-refractivity contribution in [3.8, 4) is 0 Å². The standard InChI is InChI=1S/C17H23N5O3S/c1-26(24,25)20-11-15-16-12-21(8-5-9-22(16)13-19-15)17(23)18-10-14-6-3-2-4-7-14/h2-4,6-7,13,20H,5,8-12H2,1H3,(H,18,23). The van der Waals surface area contributed by atoms with Crippen molar-refractivity contribution >= 4 is 16.1 Å². The van der Waals surface area contributed by atoms with Crippen molar-refractivity contribution in [3.05, 3.63) is 53.6 Å². The van der Waals surface area contributed by atoms with E-state index in [9.17, 15) is 13.2 Å². The number of imidazole rings is 1. The number of aromatic nitrogens is 2. The maximum atomic E-state index is 12.6. The third-order valence-corrected chi connectivity index (χ3v) is 4.94. The number of aryl methyl sites for hydroxylation is 1. The number of urea groups is 1. The normalized spacial score (nSPS) is 14.6. The number of sulfonamides is 1. The third kappa shape index (κ3) is 4.83. The smallest absolute Gasteiger partial charge is 0.318 e. The van der Waals surface area contributed by atoms with Gasteiger partial charge in [-0.1, -0.05) is 30.3 Å². The van der Waals surface area contributed by atoms with Crippen molar-refractivity contribution in [2.75, 3.05) is 12.8 Å². The van der Waals surface area contributed by atoms with Gasteiger partial charge in [0.1, 0.15) is 0 Å². The number of carbonyl (C=O) groups excluding carboxylic acids is 1. The summed E-state index contributed by atoms with van der Waals surface area (Å²) in [5.41, 5.74) is 2.56. The van der Waals surface area contributed by atoms with Gasteiger partial charge in [0.05, 0.1) is 37.1 Å². The molecule has 0 spiro atoms. The van der Waals surface area contributed by atoms with Crippen LogP contribution in [0.2, 0.25) is 0 Å². The van der Waals surface area contributed by atoms with E-state index in [1.54, 1.807) is 11.2 Å². The van der Waals surface area contributed by atoms with Gasteiger partial charge in [-0.3, -0.25) is 0 Å². The van der Waals surface area contributed by atoms with Gasteiger partial charge < -0.3 is 14.8 Å². The maximum Gasteiger partial charge on any atom is 0.318 e. The average Bonchev–Trinajstić information content (AvgIpc) is 2.86. The molecule has 2 heterocycles. The molecule has 0 bridgehead atoms. The molecule has 0 radical (unpaired) electrons. The van der Waals surface area contributed by atoms with Crippen LogP contribution in [0.25, 0.3) is 0 Å². The molecule has 1 aliphatic rings. The average molecular weight is 377 g/mol. The monoisotopic (exact) mass is 377 g/mol. The maximum absolute atomic E-state index is 12.6. The number of hydrogen-bond donors (Lipinski definition) is 2. The summed E-state index contributed by atoms with van der Waals surface area (Å²) < 4.78 is 27.1. The minimum atomic E-state index is -3.30. The quantitative estimate of drug-likeness (QED) is 0.814. The highest BCUT2D eigenvalue weighted by Crippen LogP contribution is 2.16. The van der Waals surface area contributed by atoms with E-state index < -0.39 is 10.0 Å². The summed E-state index contributed by atoms with van der Waals surface area (Å²) in [4.78, 5) is 18.6. The topological polar surface area (TPSA) is 96.3 Å². The van der Waals surface area contributed by atoms with Crippen molar-refractivity contribution < 1.29 is 13.2 Å². The lowest BCUT2D eigenvalue weighted by molar-refractivity contribution is 0.195. The van der Waals surface area contributed by atoms with Crippen LogP contribution in [0.4, 0.5) is 4.79 Å². The van der Waals surface area contributed by atoms with E-state index in [1.807, 2.05) is 34.9 Å². The fourth-order valence-corrected chi connectivity index (χ4v) is 3.32. The molecule has 3 rings (SSSR count). The molecule has 2 N–H and O–H groups in total. The lowest BCUT2D eigenvalue weighted by atomic mass is 10.2. The van der Waals surface area contributed by atoms with E-state index in [0.29, 0.717) is 25.3 Å². The predicted octanol–water partition coefficient (Wildman–Crippen LogP) is 1.05. The zero-order valence-electron chi connectivity index (χ0n) is 14.7. The Kier molecular flexibility index (Phi) is 5.58. The molecule has 2 aromatic rings. The highest BCUT2D eigenvalue weighted by atomic mass is 32.2. The van der Waals surface area contributed by atoms with Crippen molar-refractivity contribution in [1.82, 2.24) is 24.5 Å². The molecule has 9 heteroatoms. The molecule has 0 saturated carbocycles. The highest BCUT2D eigenvalue weighted by Gasteiger charge is 2.22. The summed E-state index contributed by atoms with van der Waals surface area (Å²) in [6.45, 7) is 2.39. The number of rotatable bonds is 5. The van der Waals surface area contributed by atoms with E-state index >= 15 is 0 Å². The number of amides is 2. The Labute approximate surface area is 153 Å². The lowest BCUT2D eigenvalue weighted by Crippen LogP contribution is -2.39. The molecule has 8 nitrogen and oxygen atoms in total. The molecule has 26 heavy (non-hydrogen) atoms. The van der Waals surface area contributed by atoms with E-state index in [-0.39, 0.29) is 12.6 Å². The Bertz CT molecular complexity index is 864. The van der Waals surface area contributed by atoms with E-state index in [0.717, 1.165) is 30.5 Å². The molecule has 1 aromatic carbocycles. The van der Waals surface area contributed by atoms with Gasteiger partial charge in [0.15, 0.2) is 0 Å². The molecule has 0 atom stereocenters. The molecule has 0 saturated heterocycles. The number of nitrogens with zero attached hydrogens (tertiary/aromatic N) is 3. The second kappa shape index (κ2) is 7.88. The van der Waals surface area contributed by atoms with E-state index in [1.165, 1.54) is 0 Å². The van der Waals surface area contributed by atoms with E-state index in [2.05, 4.69) is 15.0 Å². The second-order valence-corrected chi connectivity index (χ2v) is 8.18. The summed E-state index contributed by atoms with van der Waals surface area (Å²) in [5, 5.41) is 2.94. The first-order valence-electron chi connectivity index (χ1n) is 8.46. The number of fused-ring (bicyclic) bond motifs is 1. The summed E-state index contributed by atoms with van der Waals surface area (Å²) >= 11 is 0. The Morgan fingerprint density at radius 3 is 2.69 bits per heavy atom. The number of carbonyl (C=O) groups is 1. The lowest BCUT2D eigenvalue weighted by Gasteiger charge is -2.21. The first-order valence-corrected chi connectivity index (χ1v) is 10.4. The molecule has 140 valence electrons. The number of nitrogens with one attached hydrogen (secondary N) is 2. The molecule has 0 fully saturated rings. The Morgan fingerprint density at radius 2 is 1.96 bits per heavy atom. The minimum Gasteiger partial charge on any atom is -0.334 e. The summed E-state index contributed by atoms with van der Waals surface area (Å²) in [5.74, 6) is 0. The number of hydrogen-bond acceptors (Lipinski definition) is 4. The number of benzene rings is 1. The van der Waals surface area contributed by atoms with Gasteiger partial charge in [0.2, 0.25) is 10.0 Å². The predicted molar refractivity (Wildman–Crippen MR) is 97.6 cm³/mol. The first kappa shape index (κ1) is 18.4. The molecular formula is C17H23N5O3S. The fraction of sp³-hybridized carbons (Fsp3) is 0.412. The van der Waals surface area contributed by atoms with Crippen LogP contribution in [0.3, 0.4) is 0 Å². The molecular weight excluding hydrogens is 354 g/mol. The van der Waals surface area contributed by atoms with Gasteiger partial charge in [-0.05, 0) is 12.0 Å². The van der Waals surface area contributed by atoms with Crippen molar-refractivity contribution in [2.24, 2.45) is 0 Å². The van der Waals surface area contributed by atoms with Crippen LogP contribution >= 0.6 is 0 Å². The first-order chi connectivity index (χ1) is 12.4. The van der Waals surface area contributed by atoms with Gasteiger partial charge in [-0.15, -0.1) is 0 Å². The van der Waals surface area contributed by atoms with Crippen molar-refractivity contribution in [2.45, 2.75) is 32.6 Å². The summed E-state index contributed by atoms with van der Waals surface area (Å²) in [7, 11) is -3.30. The van der Waals surface area contributed by atoms with Crippen LogP contribution in [0, 0.1) is 0 Å². The fourth-order valence-electron chi connectivity index (χ4n) is 2.92. The zero-order chi connectivity index (χ0) is 18.6. The molecule has 2 amide bonds. The second-order valence-electron chi connectivity index (χ2n) is 6.34. The van der Waals surface area contributed by atoms with Crippen LogP contribution in [-0.2, 0) is 36.2 Å². The van der Waals surface area contributed by atoms with Gasteiger partial charge in [0, 0.05) is 19.6 Å². The Morgan fingerprint density at radius 1 is 1.19 bits per heavy atom. The zero-order valence-corrected chi connectivity index (χ0v) is 15.5. The largest absolute Gasteiger partial charge is 0.334 e. The van der Waals surface area contributed by atoms with Crippen LogP contribution in [-0.4, -0.2) is 41.7 Å². The van der Waals surface area contributed by atoms with Crippen LogP contribution in [0.1, 0.15) is 23.4 Å². The van der Waals surface area contributed by atoms with Crippen LogP contribution in [0.15, 0.2) is 36.7 Å². The van der Waals surface area contributed by atoms with Gasteiger partial charge in [-0.25, -0.2) is 22.9 Å². The van der Waals surface area contributed by atoms with Crippen molar-refractivity contribution in [3.63, 3.8) is 0 Å². The Hall–Kier alpha value is -2.39. The van der Waals surface area contributed by atoms with Gasteiger partial charge >= 0.3 is 6.03 Å². The molecule has 0 aliphatic carbocycles. The molecule has 1 aromatic heterocycles. The molecule has 1 aliphatic heterocycles.